The maximum Gasteiger partial charge on any atom is 0.264 e. The van der Waals surface area contributed by atoms with Gasteiger partial charge in [-0.05, 0) is 47.3 Å². The number of amides is 1. The number of nitrogens with one attached hydrogen (secondary N) is 1. The van der Waals surface area contributed by atoms with Gasteiger partial charge in [0.15, 0.2) is 0 Å². The van der Waals surface area contributed by atoms with Crippen LogP contribution in [0.5, 0.6) is 0 Å². The molecule has 0 aliphatic heterocycles. The summed E-state index contributed by atoms with van der Waals surface area (Å²) in [5.74, 6) is 0.260. The standard InChI is InChI=1S/C13H18BrN3O2.ClH/c1-17-7-9(5-11(14)13(17)19)16-12(18)10-4-2-3-8(10)6-15;/h5,7-8,10H,2-4,6,15H2,1H3,(H,16,18);1H/t8-,10-;/m1./s1. The van der Waals surface area contributed by atoms with Crippen molar-refractivity contribution in [1.82, 2.24) is 4.57 Å². The fourth-order valence-corrected chi connectivity index (χ4v) is 3.17. The third-order valence-corrected chi connectivity index (χ3v) is 4.27. The lowest BCUT2D eigenvalue weighted by atomic mass is 9.95. The molecule has 2 atom stereocenters. The lowest BCUT2D eigenvalue weighted by Crippen LogP contribution is -2.30. The largest absolute Gasteiger partial charge is 0.330 e. The Hall–Kier alpha value is -0.850. The fraction of sp³-hybridized carbons (Fsp3) is 0.538. The van der Waals surface area contributed by atoms with Crippen molar-refractivity contribution in [2.75, 3.05) is 11.9 Å². The quantitative estimate of drug-likeness (QED) is 0.860. The molecule has 20 heavy (non-hydrogen) atoms. The van der Waals surface area contributed by atoms with E-state index in [4.69, 9.17) is 5.73 Å². The van der Waals surface area contributed by atoms with Crippen molar-refractivity contribution in [3.05, 3.63) is 27.1 Å². The molecule has 0 spiro atoms. The topological polar surface area (TPSA) is 77.1 Å². The molecular formula is C13H19BrClN3O2. The summed E-state index contributed by atoms with van der Waals surface area (Å²) in [5, 5.41) is 2.87. The Balaban J connectivity index is 0.00000200. The van der Waals surface area contributed by atoms with Gasteiger partial charge in [0, 0.05) is 19.2 Å². The average Bonchev–Trinajstić information content (AvgIpc) is 2.84. The van der Waals surface area contributed by atoms with E-state index in [1.165, 1.54) is 4.57 Å². The normalized spacial score (nSPS) is 21.4. The molecular weight excluding hydrogens is 346 g/mol. The summed E-state index contributed by atoms with van der Waals surface area (Å²) in [5.41, 5.74) is 6.19. The van der Waals surface area contributed by atoms with Crippen molar-refractivity contribution in [1.29, 1.82) is 0 Å². The summed E-state index contributed by atoms with van der Waals surface area (Å²) in [7, 11) is 1.65. The number of halogens is 2. The van der Waals surface area contributed by atoms with Crippen LogP contribution in [-0.2, 0) is 11.8 Å². The molecule has 5 nitrogen and oxygen atoms in total. The van der Waals surface area contributed by atoms with Crippen LogP contribution in [0, 0.1) is 11.8 Å². The minimum atomic E-state index is -0.126. The van der Waals surface area contributed by atoms with Crippen molar-refractivity contribution >= 4 is 39.9 Å². The highest BCUT2D eigenvalue weighted by atomic mass is 79.9. The molecule has 1 amide bonds. The smallest absolute Gasteiger partial charge is 0.264 e. The maximum atomic E-state index is 12.2. The lowest BCUT2D eigenvalue weighted by Gasteiger charge is -2.17. The lowest BCUT2D eigenvalue weighted by molar-refractivity contribution is -0.120. The molecule has 7 heteroatoms. The van der Waals surface area contributed by atoms with Crippen molar-refractivity contribution < 1.29 is 4.79 Å². The first-order chi connectivity index (χ1) is 9.02. The Kier molecular flexibility index (Phi) is 6.23. The summed E-state index contributed by atoms with van der Waals surface area (Å²) in [4.78, 5) is 23.8. The van der Waals surface area contributed by atoms with E-state index in [-0.39, 0.29) is 35.7 Å². The average molecular weight is 365 g/mol. The second-order valence-corrected chi connectivity index (χ2v) is 5.87. The second-order valence-electron chi connectivity index (χ2n) is 5.02. The Bertz CT molecular complexity index is 521. The summed E-state index contributed by atoms with van der Waals surface area (Å²) < 4.78 is 1.88. The van der Waals surface area contributed by atoms with Crippen LogP contribution in [-0.4, -0.2) is 17.0 Å². The number of nitrogens with zero attached hydrogens (tertiary/aromatic N) is 1. The summed E-state index contributed by atoms with van der Waals surface area (Å²) in [6.07, 6.45) is 4.58. The first kappa shape index (κ1) is 17.2. The molecule has 0 saturated heterocycles. The first-order valence-corrected chi connectivity index (χ1v) is 7.19. The van der Waals surface area contributed by atoms with E-state index in [9.17, 15) is 9.59 Å². The number of hydrogen-bond donors (Lipinski definition) is 2. The van der Waals surface area contributed by atoms with Gasteiger partial charge < -0.3 is 15.6 Å². The van der Waals surface area contributed by atoms with E-state index >= 15 is 0 Å². The zero-order valence-electron chi connectivity index (χ0n) is 11.3. The number of carbonyl (C=O) groups is 1. The molecule has 1 aromatic heterocycles. The molecule has 0 aromatic carbocycles. The minimum Gasteiger partial charge on any atom is -0.330 e. The van der Waals surface area contributed by atoms with E-state index in [1.807, 2.05) is 0 Å². The van der Waals surface area contributed by atoms with Gasteiger partial charge in [-0.25, -0.2) is 0 Å². The summed E-state index contributed by atoms with van der Waals surface area (Å²) in [6.45, 7) is 0.551. The van der Waals surface area contributed by atoms with Crippen LogP contribution in [0.2, 0.25) is 0 Å². The van der Waals surface area contributed by atoms with Crippen molar-refractivity contribution in [2.45, 2.75) is 19.3 Å². The van der Waals surface area contributed by atoms with Gasteiger partial charge in [0.1, 0.15) is 0 Å². The van der Waals surface area contributed by atoms with Crippen LogP contribution in [0.15, 0.2) is 21.5 Å². The zero-order chi connectivity index (χ0) is 14.0. The summed E-state index contributed by atoms with van der Waals surface area (Å²) in [6, 6.07) is 1.63. The number of anilines is 1. The molecule has 1 saturated carbocycles. The number of hydrogen-bond acceptors (Lipinski definition) is 3. The molecule has 0 unspecified atom stereocenters. The highest BCUT2D eigenvalue weighted by Gasteiger charge is 2.31. The molecule has 2 rings (SSSR count). The van der Waals surface area contributed by atoms with E-state index in [0.29, 0.717) is 16.7 Å². The predicted octanol–water partition coefficient (Wildman–Crippen LogP) is 1.88. The highest BCUT2D eigenvalue weighted by molar-refractivity contribution is 9.10. The summed E-state index contributed by atoms with van der Waals surface area (Å²) >= 11 is 3.19. The van der Waals surface area contributed by atoms with Gasteiger partial charge >= 0.3 is 0 Å². The van der Waals surface area contributed by atoms with Crippen molar-refractivity contribution in [3.8, 4) is 0 Å². The SMILES string of the molecule is Cl.Cn1cc(NC(=O)[C@@H]2CCC[C@@H]2CN)cc(Br)c1=O. The number of aromatic nitrogens is 1. The third-order valence-electron chi connectivity index (χ3n) is 3.71. The van der Waals surface area contributed by atoms with Crippen LogP contribution in [0.4, 0.5) is 5.69 Å². The van der Waals surface area contributed by atoms with E-state index in [0.717, 1.165) is 19.3 Å². The molecule has 1 aromatic rings. The van der Waals surface area contributed by atoms with Crippen LogP contribution >= 0.6 is 28.3 Å². The molecule has 3 N–H and O–H groups in total. The van der Waals surface area contributed by atoms with Gasteiger partial charge in [-0.15, -0.1) is 12.4 Å². The van der Waals surface area contributed by atoms with E-state index < -0.39 is 0 Å². The van der Waals surface area contributed by atoms with Gasteiger partial charge in [0.2, 0.25) is 5.91 Å². The molecule has 1 aliphatic rings. The number of pyridine rings is 1. The molecule has 1 aliphatic carbocycles. The van der Waals surface area contributed by atoms with Gasteiger partial charge in [-0.1, -0.05) is 6.42 Å². The molecule has 1 heterocycles. The maximum absolute atomic E-state index is 12.2. The first-order valence-electron chi connectivity index (χ1n) is 6.40. The van der Waals surface area contributed by atoms with Gasteiger partial charge in [-0.2, -0.15) is 0 Å². The molecule has 0 bridgehead atoms. The van der Waals surface area contributed by atoms with Crippen molar-refractivity contribution in [3.63, 3.8) is 0 Å². The fourth-order valence-electron chi connectivity index (χ4n) is 2.64. The van der Waals surface area contributed by atoms with E-state index in [1.54, 1.807) is 19.3 Å². The number of aryl methyl sites for hydroxylation is 1. The monoisotopic (exact) mass is 363 g/mol. The van der Waals surface area contributed by atoms with Crippen molar-refractivity contribution in [2.24, 2.45) is 24.6 Å². The Labute approximate surface area is 132 Å². The van der Waals surface area contributed by atoms with Crippen LogP contribution in [0.3, 0.4) is 0 Å². The van der Waals surface area contributed by atoms with Crippen LogP contribution in [0.1, 0.15) is 19.3 Å². The minimum absolute atomic E-state index is 0. The molecule has 112 valence electrons. The highest BCUT2D eigenvalue weighted by Crippen LogP contribution is 2.31. The second kappa shape index (κ2) is 7.24. The zero-order valence-corrected chi connectivity index (χ0v) is 13.7. The predicted molar refractivity (Wildman–Crippen MR) is 85.1 cm³/mol. The van der Waals surface area contributed by atoms with Crippen LogP contribution < -0.4 is 16.6 Å². The van der Waals surface area contributed by atoms with Gasteiger partial charge in [0.05, 0.1) is 10.2 Å². The van der Waals surface area contributed by atoms with Gasteiger partial charge in [0.25, 0.3) is 5.56 Å². The van der Waals surface area contributed by atoms with E-state index in [2.05, 4.69) is 21.2 Å². The Morgan fingerprint density at radius 2 is 2.25 bits per heavy atom. The number of rotatable bonds is 3. The van der Waals surface area contributed by atoms with Crippen LogP contribution in [0.25, 0.3) is 0 Å². The Morgan fingerprint density at radius 3 is 2.85 bits per heavy atom. The molecule has 0 radical (unpaired) electrons. The number of carbonyl (C=O) groups excluding carboxylic acids is 1. The Morgan fingerprint density at radius 1 is 1.55 bits per heavy atom. The van der Waals surface area contributed by atoms with Gasteiger partial charge in [-0.3, -0.25) is 9.59 Å². The number of nitrogens with two attached hydrogens (primary N) is 1. The third kappa shape index (κ3) is 3.62. The molecule has 1 fully saturated rings.